The minimum absolute atomic E-state index is 0.150. The topological polar surface area (TPSA) is 107 Å². The summed E-state index contributed by atoms with van der Waals surface area (Å²) in [6.07, 6.45) is 1.56. The summed E-state index contributed by atoms with van der Waals surface area (Å²) in [5.41, 5.74) is 3.40. The maximum absolute atomic E-state index is 12.6. The Balaban J connectivity index is 1.71. The van der Waals surface area contributed by atoms with E-state index in [4.69, 9.17) is 5.11 Å². The van der Waals surface area contributed by atoms with Crippen LogP contribution in [-0.2, 0) is 14.4 Å². The van der Waals surface area contributed by atoms with Crippen LogP contribution in [0.4, 0.5) is 5.69 Å². The number of carboxylic acids is 1. The molecular weight excluding hydrogens is 326 g/mol. The van der Waals surface area contributed by atoms with Crippen molar-refractivity contribution in [3.63, 3.8) is 0 Å². The Bertz CT molecular complexity index is 715. The minimum Gasteiger partial charge on any atom is -0.481 e. The maximum atomic E-state index is 12.6. The molecule has 0 spiro atoms. The highest BCUT2D eigenvalue weighted by Crippen LogP contribution is 2.21. The van der Waals surface area contributed by atoms with Gasteiger partial charge in [-0.1, -0.05) is 0 Å². The van der Waals surface area contributed by atoms with Gasteiger partial charge < -0.3 is 10.0 Å². The van der Waals surface area contributed by atoms with E-state index in [1.54, 1.807) is 29.2 Å². The zero-order valence-electron chi connectivity index (χ0n) is 13.6. The van der Waals surface area contributed by atoms with Crippen molar-refractivity contribution >= 4 is 29.4 Å². The van der Waals surface area contributed by atoms with E-state index in [2.05, 4.69) is 5.43 Å². The Morgan fingerprint density at radius 3 is 2.52 bits per heavy atom. The van der Waals surface area contributed by atoms with Crippen LogP contribution in [0.5, 0.6) is 0 Å². The number of amides is 3. The van der Waals surface area contributed by atoms with Crippen LogP contribution < -0.4 is 10.4 Å². The van der Waals surface area contributed by atoms with Crippen molar-refractivity contribution in [3.8, 4) is 0 Å². The normalized spacial score (nSPS) is 21.0. The van der Waals surface area contributed by atoms with E-state index in [0.29, 0.717) is 30.6 Å². The van der Waals surface area contributed by atoms with Gasteiger partial charge in [-0.15, -0.1) is 0 Å². The first kappa shape index (κ1) is 16.9. The molecule has 0 aromatic heterocycles. The molecule has 1 atom stereocenters. The summed E-state index contributed by atoms with van der Waals surface area (Å²) < 4.78 is 0. The smallest absolute Gasteiger partial charge is 0.308 e. The van der Waals surface area contributed by atoms with Gasteiger partial charge in [0.2, 0.25) is 11.8 Å². The molecule has 0 radical (unpaired) electrons. The second-order valence-electron chi connectivity index (χ2n) is 6.24. The average molecular weight is 345 g/mol. The second-order valence-corrected chi connectivity index (χ2v) is 6.24. The summed E-state index contributed by atoms with van der Waals surface area (Å²) in [7, 11) is 0. The molecule has 2 N–H and O–H groups in total. The highest BCUT2D eigenvalue weighted by Gasteiger charge is 2.29. The summed E-state index contributed by atoms with van der Waals surface area (Å²) in [5, 5.41) is 10.3. The number of hydrazine groups is 1. The van der Waals surface area contributed by atoms with Crippen molar-refractivity contribution in [1.82, 2.24) is 10.3 Å². The van der Waals surface area contributed by atoms with E-state index in [0.717, 1.165) is 0 Å². The highest BCUT2D eigenvalue weighted by atomic mass is 16.4. The van der Waals surface area contributed by atoms with E-state index in [9.17, 15) is 19.2 Å². The third-order valence-electron chi connectivity index (χ3n) is 4.48. The van der Waals surface area contributed by atoms with Crippen LogP contribution in [0.15, 0.2) is 24.3 Å². The van der Waals surface area contributed by atoms with Crippen molar-refractivity contribution in [2.45, 2.75) is 25.7 Å². The number of benzene rings is 1. The number of nitrogens with zero attached hydrogens (tertiary/aromatic N) is 2. The second kappa shape index (κ2) is 6.92. The third-order valence-corrected chi connectivity index (χ3v) is 4.48. The Kier molecular flexibility index (Phi) is 4.69. The molecule has 2 aliphatic rings. The van der Waals surface area contributed by atoms with E-state index < -0.39 is 11.9 Å². The van der Waals surface area contributed by atoms with Crippen LogP contribution in [0.25, 0.3) is 0 Å². The third kappa shape index (κ3) is 3.62. The quantitative estimate of drug-likeness (QED) is 0.842. The van der Waals surface area contributed by atoms with Gasteiger partial charge in [0, 0.05) is 31.5 Å². The van der Waals surface area contributed by atoms with Gasteiger partial charge in [0.15, 0.2) is 0 Å². The van der Waals surface area contributed by atoms with Gasteiger partial charge in [-0.3, -0.25) is 24.6 Å². The first-order chi connectivity index (χ1) is 12.0. The Labute approximate surface area is 144 Å². The molecule has 2 fully saturated rings. The largest absolute Gasteiger partial charge is 0.481 e. The van der Waals surface area contributed by atoms with Crippen molar-refractivity contribution < 1.29 is 24.3 Å². The van der Waals surface area contributed by atoms with Crippen LogP contribution in [0, 0.1) is 5.92 Å². The lowest BCUT2D eigenvalue weighted by atomic mass is 9.97. The lowest BCUT2D eigenvalue weighted by Crippen LogP contribution is -2.50. The number of hydrogen-bond donors (Lipinski definition) is 2. The minimum atomic E-state index is -0.882. The van der Waals surface area contributed by atoms with Crippen molar-refractivity contribution in [2.75, 3.05) is 18.1 Å². The molecule has 3 rings (SSSR count). The molecular formula is C17H19N3O5. The lowest BCUT2D eigenvalue weighted by molar-refractivity contribution is -0.143. The zero-order chi connectivity index (χ0) is 18.0. The van der Waals surface area contributed by atoms with E-state index >= 15 is 0 Å². The summed E-state index contributed by atoms with van der Waals surface area (Å²) in [5.74, 6) is -2.08. The van der Waals surface area contributed by atoms with Crippen LogP contribution in [-0.4, -0.2) is 46.8 Å². The molecule has 2 heterocycles. The summed E-state index contributed by atoms with van der Waals surface area (Å²) in [6, 6.07) is 6.34. The number of likely N-dealkylation sites (tertiary alicyclic amines) is 1. The predicted octanol–water partition coefficient (Wildman–Crippen LogP) is 0.781. The van der Waals surface area contributed by atoms with E-state index in [1.165, 1.54) is 5.01 Å². The van der Waals surface area contributed by atoms with Gasteiger partial charge in [0.05, 0.1) is 11.6 Å². The monoisotopic (exact) mass is 345 g/mol. The molecule has 0 aliphatic carbocycles. The van der Waals surface area contributed by atoms with Gasteiger partial charge in [0.1, 0.15) is 0 Å². The number of anilines is 1. The number of carboxylic acid groups (broad SMARTS) is 1. The fraction of sp³-hybridized carbons (Fsp3) is 0.412. The number of nitrogens with one attached hydrogen (secondary N) is 1. The van der Waals surface area contributed by atoms with E-state index in [-0.39, 0.29) is 37.1 Å². The SMILES string of the molecule is O=C1CCC(=O)N(c2ccc(C(=O)N3CCCC(C(=O)O)C3)cc2)N1. The van der Waals surface area contributed by atoms with Crippen LogP contribution >= 0.6 is 0 Å². The standard InChI is InChI=1S/C17H19N3O5/c21-14-7-8-15(22)20(18-14)13-5-3-11(4-6-13)16(23)19-9-1-2-12(10-19)17(24)25/h3-6,12H,1-2,7-10H2,(H,18,21)(H,24,25). The van der Waals surface area contributed by atoms with Crippen LogP contribution in [0.3, 0.4) is 0 Å². The molecule has 132 valence electrons. The predicted molar refractivity (Wildman–Crippen MR) is 87.6 cm³/mol. The number of carbonyl (C=O) groups excluding carboxylic acids is 3. The van der Waals surface area contributed by atoms with Gasteiger partial charge in [-0.25, -0.2) is 5.01 Å². The molecule has 2 aliphatic heterocycles. The van der Waals surface area contributed by atoms with Crippen molar-refractivity contribution in [2.24, 2.45) is 5.92 Å². The molecule has 1 unspecified atom stereocenters. The van der Waals surface area contributed by atoms with E-state index in [1.807, 2.05) is 0 Å². The Morgan fingerprint density at radius 1 is 1.12 bits per heavy atom. The fourth-order valence-electron chi connectivity index (χ4n) is 3.08. The van der Waals surface area contributed by atoms with Crippen molar-refractivity contribution in [1.29, 1.82) is 0 Å². The molecule has 8 heteroatoms. The number of rotatable bonds is 3. The first-order valence-electron chi connectivity index (χ1n) is 8.20. The van der Waals surface area contributed by atoms with Gasteiger partial charge in [-0.2, -0.15) is 0 Å². The molecule has 8 nitrogen and oxygen atoms in total. The first-order valence-corrected chi connectivity index (χ1v) is 8.20. The molecule has 3 amide bonds. The van der Waals surface area contributed by atoms with Gasteiger partial charge in [-0.05, 0) is 37.1 Å². The lowest BCUT2D eigenvalue weighted by Gasteiger charge is -2.31. The zero-order valence-corrected chi connectivity index (χ0v) is 13.6. The molecule has 0 saturated carbocycles. The summed E-state index contributed by atoms with van der Waals surface area (Å²) in [4.78, 5) is 48.6. The molecule has 1 aromatic carbocycles. The fourth-order valence-corrected chi connectivity index (χ4v) is 3.08. The molecule has 2 saturated heterocycles. The summed E-state index contributed by atoms with van der Waals surface area (Å²) >= 11 is 0. The Morgan fingerprint density at radius 2 is 1.84 bits per heavy atom. The van der Waals surface area contributed by atoms with Gasteiger partial charge >= 0.3 is 5.97 Å². The number of piperidine rings is 1. The Hall–Kier alpha value is -2.90. The summed E-state index contributed by atoms with van der Waals surface area (Å²) in [6.45, 7) is 0.738. The van der Waals surface area contributed by atoms with Crippen LogP contribution in [0.2, 0.25) is 0 Å². The number of carbonyl (C=O) groups is 4. The maximum Gasteiger partial charge on any atom is 0.308 e. The molecule has 25 heavy (non-hydrogen) atoms. The number of aliphatic carboxylic acids is 1. The number of hydrogen-bond acceptors (Lipinski definition) is 4. The average Bonchev–Trinajstić information content (AvgIpc) is 2.63. The van der Waals surface area contributed by atoms with Crippen molar-refractivity contribution in [3.05, 3.63) is 29.8 Å². The van der Waals surface area contributed by atoms with Crippen LogP contribution in [0.1, 0.15) is 36.0 Å². The highest BCUT2D eigenvalue weighted by molar-refractivity contribution is 6.01. The molecule has 0 bridgehead atoms. The van der Waals surface area contributed by atoms with Gasteiger partial charge in [0.25, 0.3) is 5.91 Å². The molecule has 1 aromatic rings.